The number of carbonyl (C=O) groups excluding carboxylic acids is 1. The molecule has 0 spiro atoms. The average molecular weight is 389 g/mol. The minimum atomic E-state index is -0.137. The zero-order valence-corrected chi connectivity index (χ0v) is 16.6. The first-order valence-electron chi connectivity index (χ1n) is 9.75. The molecule has 0 saturated heterocycles. The summed E-state index contributed by atoms with van der Waals surface area (Å²) in [4.78, 5) is 17.5. The van der Waals surface area contributed by atoms with Crippen LogP contribution in [0.3, 0.4) is 0 Å². The van der Waals surface area contributed by atoms with Gasteiger partial charge in [0.25, 0.3) is 0 Å². The first kappa shape index (κ1) is 19.2. The molecule has 0 radical (unpaired) electrons. The molecule has 0 bridgehead atoms. The molecule has 0 amide bonds. The largest absolute Gasteiger partial charge is 0.488 e. The zero-order chi connectivity index (χ0) is 20.2. The van der Waals surface area contributed by atoms with E-state index in [1.54, 1.807) is 12.1 Å². The van der Waals surface area contributed by atoms with E-state index in [4.69, 9.17) is 14.2 Å². The SMILES string of the molecule is CCOC(C)/C=C1\COc2ccc(OCc3ccc4ccccc4n3)cc2C1=O. The average Bonchev–Trinajstić information content (AvgIpc) is 2.74. The van der Waals surface area contributed by atoms with E-state index in [0.717, 1.165) is 16.6 Å². The Hall–Kier alpha value is -3.18. The maximum atomic E-state index is 12.9. The number of fused-ring (bicyclic) bond motifs is 2. The third-order valence-corrected chi connectivity index (χ3v) is 4.78. The minimum absolute atomic E-state index is 0.0490. The van der Waals surface area contributed by atoms with Crippen molar-refractivity contribution in [3.05, 3.63) is 77.5 Å². The van der Waals surface area contributed by atoms with Gasteiger partial charge in [-0.3, -0.25) is 4.79 Å². The molecule has 5 nitrogen and oxygen atoms in total. The molecule has 1 aromatic heterocycles. The van der Waals surface area contributed by atoms with Crippen molar-refractivity contribution in [2.75, 3.05) is 13.2 Å². The van der Waals surface area contributed by atoms with E-state index >= 15 is 0 Å². The summed E-state index contributed by atoms with van der Waals surface area (Å²) in [5, 5.41) is 1.09. The molecular weight excluding hydrogens is 366 g/mol. The first-order valence-corrected chi connectivity index (χ1v) is 9.75. The highest BCUT2D eigenvalue weighted by Crippen LogP contribution is 2.31. The molecule has 1 atom stereocenters. The van der Waals surface area contributed by atoms with Gasteiger partial charge in [-0.1, -0.05) is 24.3 Å². The number of ether oxygens (including phenoxy) is 3. The van der Waals surface area contributed by atoms with Crippen LogP contribution in [0, 0.1) is 0 Å². The van der Waals surface area contributed by atoms with E-state index < -0.39 is 0 Å². The third kappa shape index (κ3) is 4.30. The molecule has 29 heavy (non-hydrogen) atoms. The summed E-state index contributed by atoms with van der Waals surface area (Å²) in [5.41, 5.74) is 2.87. The van der Waals surface area contributed by atoms with Crippen molar-refractivity contribution in [3.63, 3.8) is 0 Å². The number of Topliss-reactive ketones (excluding diaryl/α,β-unsaturated/α-hetero) is 1. The van der Waals surface area contributed by atoms with Crippen LogP contribution in [-0.4, -0.2) is 30.1 Å². The number of carbonyl (C=O) groups is 1. The van der Waals surface area contributed by atoms with Crippen molar-refractivity contribution < 1.29 is 19.0 Å². The van der Waals surface area contributed by atoms with Crippen LogP contribution in [0.25, 0.3) is 10.9 Å². The van der Waals surface area contributed by atoms with Gasteiger partial charge in [0.05, 0.1) is 22.9 Å². The molecule has 2 heterocycles. The Labute approximate surface area is 169 Å². The van der Waals surface area contributed by atoms with Crippen molar-refractivity contribution in [1.29, 1.82) is 0 Å². The van der Waals surface area contributed by atoms with Crippen LogP contribution in [0.1, 0.15) is 29.9 Å². The summed E-state index contributed by atoms with van der Waals surface area (Å²) >= 11 is 0. The van der Waals surface area contributed by atoms with Gasteiger partial charge in [-0.2, -0.15) is 0 Å². The molecule has 148 valence electrons. The Kier molecular flexibility index (Phi) is 5.58. The van der Waals surface area contributed by atoms with Gasteiger partial charge in [-0.25, -0.2) is 4.98 Å². The molecule has 3 aromatic rings. The number of nitrogens with zero attached hydrogens (tertiary/aromatic N) is 1. The highest BCUT2D eigenvalue weighted by Gasteiger charge is 2.24. The second-order valence-corrected chi connectivity index (χ2v) is 6.91. The molecule has 0 N–H and O–H groups in total. The summed E-state index contributed by atoms with van der Waals surface area (Å²) in [6, 6.07) is 17.3. The van der Waals surface area contributed by atoms with E-state index in [9.17, 15) is 4.79 Å². The van der Waals surface area contributed by atoms with E-state index in [-0.39, 0.29) is 18.5 Å². The zero-order valence-electron chi connectivity index (χ0n) is 16.6. The Balaban J connectivity index is 1.50. The normalized spacial score (nSPS) is 15.8. The van der Waals surface area contributed by atoms with Gasteiger partial charge in [0.2, 0.25) is 0 Å². The van der Waals surface area contributed by atoms with Crippen LogP contribution < -0.4 is 9.47 Å². The van der Waals surface area contributed by atoms with Gasteiger partial charge in [-0.05, 0) is 50.3 Å². The quantitative estimate of drug-likeness (QED) is 0.570. The first-order chi connectivity index (χ1) is 14.1. The maximum Gasteiger partial charge on any atom is 0.196 e. The van der Waals surface area contributed by atoms with Gasteiger partial charge in [-0.15, -0.1) is 0 Å². The van der Waals surface area contributed by atoms with E-state index in [2.05, 4.69) is 4.98 Å². The Morgan fingerprint density at radius 3 is 2.90 bits per heavy atom. The lowest BCUT2D eigenvalue weighted by Gasteiger charge is -2.20. The number of pyridine rings is 1. The predicted molar refractivity (Wildman–Crippen MR) is 112 cm³/mol. The summed E-state index contributed by atoms with van der Waals surface area (Å²) in [6.07, 6.45) is 1.68. The smallest absolute Gasteiger partial charge is 0.196 e. The van der Waals surface area contributed by atoms with Crippen LogP contribution >= 0.6 is 0 Å². The monoisotopic (exact) mass is 389 g/mol. The second kappa shape index (κ2) is 8.45. The number of para-hydroxylation sites is 1. The van der Waals surface area contributed by atoms with Crippen molar-refractivity contribution in [3.8, 4) is 11.5 Å². The van der Waals surface area contributed by atoms with Gasteiger partial charge in [0.15, 0.2) is 5.78 Å². The Bertz CT molecular complexity index is 1070. The van der Waals surface area contributed by atoms with Crippen molar-refractivity contribution >= 4 is 16.7 Å². The van der Waals surface area contributed by atoms with E-state index in [1.807, 2.05) is 62.4 Å². The van der Waals surface area contributed by atoms with Crippen LogP contribution in [0.4, 0.5) is 0 Å². The van der Waals surface area contributed by atoms with Crippen LogP contribution in [0.15, 0.2) is 66.2 Å². The maximum absolute atomic E-state index is 12.9. The molecule has 0 fully saturated rings. The van der Waals surface area contributed by atoms with Gasteiger partial charge in [0, 0.05) is 17.6 Å². The van der Waals surface area contributed by atoms with Crippen molar-refractivity contribution in [2.24, 2.45) is 0 Å². The summed E-state index contributed by atoms with van der Waals surface area (Å²) < 4.78 is 17.1. The summed E-state index contributed by atoms with van der Waals surface area (Å²) in [6.45, 7) is 5.01. The minimum Gasteiger partial charge on any atom is -0.488 e. The van der Waals surface area contributed by atoms with Crippen LogP contribution in [0.2, 0.25) is 0 Å². The predicted octanol–water partition coefficient (Wildman–Crippen LogP) is 4.74. The number of aromatic nitrogens is 1. The third-order valence-electron chi connectivity index (χ3n) is 4.78. The summed E-state index contributed by atoms with van der Waals surface area (Å²) in [7, 11) is 0. The van der Waals surface area contributed by atoms with Crippen molar-refractivity contribution in [2.45, 2.75) is 26.6 Å². The number of ketones is 1. The fourth-order valence-corrected chi connectivity index (χ4v) is 3.36. The fourth-order valence-electron chi connectivity index (χ4n) is 3.36. The van der Waals surface area contributed by atoms with Crippen LogP contribution in [-0.2, 0) is 11.3 Å². The molecule has 2 aromatic carbocycles. The van der Waals surface area contributed by atoms with E-state index in [0.29, 0.717) is 35.8 Å². The number of hydrogen-bond donors (Lipinski definition) is 0. The van der Waals surface area contributed by atoms with Gasteiger partial charge >= 0.3 is 0 Å². The molecule has 1 aliphatic rings. The lowest BCUT2D eigenvalue weighted by molar-refractivity contribution is 0.0964. The second-order valence-electron chi connectivity index (χ2n) is 6.91. The fraction of sp³-hybridized carbons (Fsp3) is 0.250. The lowest BCUT2D eigenvalue weighted by atomic mass is 9.99. The van der Waals surface area contributed by atoms with Crippen molar-refractivity contribution in [1.82, 2.24) is 4.98 Å². The molecule has 1 unspecified atom stereocenters. The van der Waals surface area contributed by atoms with E-state index in [1.165, 1.54) is 0 Å². The molecule has 0 aliphatic carbocycles. The Morgan fingerprint density at radius 2 is 2.03 bits per heavy atom. The highest BCUT2D eigenvalue weighted by molar-refractivity contribution is 6.11. The Morgan fingerprint density at radius 1 is 1.17 bits per heavy atom. The molecular formula is C24H23NO4. The number of hydrogen-bond acceptors (Lipinski definition) is 5. The number of benzene rings is 2. The van der Waals surface area contributed by atoms with Crippen LogP contribution in [0.5, 0.6) is 11.5 Å². The molecule has 0 saturated carbocycles. The highest BCUT2D eigenvalue weighted by atomic mass is 16.5. The lowest BCUT2D eigenvalue weighted by Crippen LogP contribution is -2.21. The standard InChI is InChI=1S/C24H23NO4/c1-3-27-16(2)12-18-14-29-23-11-10-20(13-21(23)24(18)26)28-15-19-9-8-17-6-4-5-7-22(17)25-19/h4-13,16H,3,14-15H2,1-2H3/b18-12+. The molecule has 1 aliphatic heterocycles. The summed E-state index contributed by atoms with van der Waals surface area (Å²) in [5.74, 6) is 1.13. The van der Waals surface area contributed by atoms with Gasteiger partial charge < -0.3 is 14.2 Å². The number of rotatable bonds is 6. The topological polar surface area (TPSA) is 57.6 Å². The molecule has 5 heteroatoms. The molecule has 4 rings (SSSR count). The van der Waals surface area contributed by atoms with Gasteiger partial charge in [0.1, 0.15) is 24.7 Å².